The van der Waals surface area contributed by atoms with Gasteiger partial charge in [-0.15, -0.1) is 0 Å². The summed E-state index contributed by atoms with van der Waals surface area (Å²) in [4.78, 5) is 9.51. The molecule has 2 heterocycles. The van der Waals surface area contributed by atoms with E-state index in [4.69, 9.17) is 9.15 Å². The van der Waals surface area contributed by atoms with Gasteiger partial charge < -0.3 is 9.15 Å². The molecule has 0 bridgehead atoms. The van der Waals surface area contributed by atoms with Gasteiger partial charge in [0.1, 0.15) is 17.9 Å². The van der Waals surface area contributed by atoms with Gasteiger partial charge in [0.25, 0.3) is 0 Å². The van der Waals surface area contributed by atoms with E-state index in [9.17, 15) is 0 Å². The fraction of sp³-hybridized carbons (Fsp3) is 0.409. The Balaban J connectivity index is 1.23. The molecule has 0 amide bonds. The third-order valence-corrected chi connectivity index (χ3v) is 5.17. The van der Waals surface area contributed by atoms with Crippen molar-refractivity contribution >= 4 is 11.1 Å². The molecule has 0 saturated carbocycles. The number of hydrogen-bond donors (Lipinski definition) is 0. The van der Waals surface area contributed by atoms with Crippen LogP contribution in [0.15, 0.2) is 46.9 Å². The smallest absolute Gasteiger partial charge is 0.209 e. The van der Waals surface area contributed by atoms with E-state index in [0.29, 0.717) is 0 Å². The SMILES string of the molecule is Cc1ccc2oc(CN3CCN(CCOc4ccccc4C)CC3)nc2c1. The van der Waals surface area contributed by atoms with Gasteiger partial charge in [0.2, 0.25) is 5.89 Å². The first-order valence-corrected chi connectivity index (χ1v) is 9.66. The number of oxazole rings is 1. The molecule has 0 radical (unpaired) electrons. The van der Waals surface area contributed by atoms with E-state index in [0.717, 1.165) is 68.6 Å². The van der Waals surface area contributed by atoms with E-state index in [2.05, 4.69) is 46.8 Å². The molecular weight excluding hydrogens is 338 g/mol. The number of para-hydroxylation sites is 1. The Labute approximate surface area is 160 Å². The van der Waals surface area contributed by atoms with Crippen LogP contribution in [-0.4, -0.2) is 54.1 Å². The highest BCUT2D eigenvalue weighted by molar-refractivity contribution is 5.73. The zero-order valence-corrected chi connectivity index (χ0v) is 16.1. The molecule has 4 rings (SSSR count). The van der Waals surface area contributed by atoms with Crippen molar-refractivity contribution < 1.29 is 9.15 Å². The van der Waals surface area contributed by atoms with Crippen LogP contribution in [0.5, 0.6) is 5.75 Å². The maximum absolute atomic E-state index is 5.93. The van der Waals surface area contributed by atoms with Crippen molar-refractivity contribution in [2.75, 3.05) is 39.3 Å². The summed E-state index contributed by atoms with van der Waals surface area (Å²) in [5, 5.41) is 0. The summed E-state index contributed by atoms with van der Waals surface area (Å²) in [5.74, 6) is 1.80. The van der Waals surface area contributed by atoms with E-state index in [1.54, 1.807) is 0 Å². The van der Waals surface area contributed by atoms with Crippen molar-refractivity contribution in [3.63, 3.8) is 0 Å². The number of ether oxygens (including phenoxy) is 1. The van der Waals surface area contributed by atoms with Gasteiger partial charge in [-0.2, -0.15) is 0 Å². The van der Waals surface area contributed by atoms with Crippen molar-refractivity contribution in [3.8, 4) is 5.75 Å². The second-order valence-electron chi connectivity index (χ2n) is 7.31. The first kappa shape index (κ1) is 18.0. The molecule has 0 spiro atoms. The predicted octanol–water partition coefficient (Wildman–Crippen LogP) is 3.64. The number of fused-ring (bicyclic) bond motifs is 1. The van der Waals surface area contributed by atoms with Crippen molar-refractivity contribution in [1.82, 2.24) is 14.8 Å². The van der Waals surface area contributed by atoms with Crippen LogP contribution in [0.4, 0.5) is 0 Å². The van der Waals surface area contributed by atoms with E-state index in [1.807, 2.05) is 24.3 Å². The first-order valence-electron chi connectivity index (χ1n) is 9.66. The van der Waals surface area contributed by atoms with Crippen LogP contribution in [0.2, 0.25) is 0 Å². The molecule has 0 aliphatic carbocycles. The van der Waals surface area contributed by atoms with Crippen LogP contribution in [0, 0.1) is 13.8 Å². The zero-order valence-electron chi connectivity index (χ0n) is 16.1. The molecule has 0 atom stereocenters. The van der Waals surface area contributed by atoms with E-state index >= 15 is 0 Å². The number of nitrogens with zero attached hydrogens (tertiary/aromatic N) is 3. The normalized spacial score (nSPS) is 16.1. The molecule has 2 aromatic carbocycles. The molecule has 5 nitrogen and oxygen atoms in total. The number of hydrogen-bond acceptors (Lipinski definition) is 5. The monoisotopic (exact) mass is 365 g/mol. The molecule has 0 N–H and O–H groups in total. The highest BCUT2D eigenvalue weighted by Crippen LogP contribution is 2.19. The van der Waals surface area contributed by atoms with Crippen molar-refractivity contribution in [2.45, 2.75) is 20.4 Å². The Morgan fingerprint density at radius 1 is 1.00 bits per heavy atom. The molecule has 1 aliphatic heterocycles. The Hall–Kier alpha value is -2.37. The average Bonchev–Trinajstić information content (AvgIpc) is 3.06. The Kier molecular flexibility index (Phi) is 5.41. The summed E-state index contributed by atoms with van der Waals surface area (Å²) in [7, 11) is 0. The highest BCUT2D eigenvalue weighted by atomic mass is 16.5. The lowest BCUT2D eigenvalue weighted by atomic mass is 10.2. The minimum absolute atomic E-state index is 0.731. The van der Waals surface area contributed by atoms with Crippen molar-refractivity contribution in [1.29, 1.82) is 0 Å². The summed E-state index contributed by atoms with van der Waals surface area (Å²) >= 11 is 0. The zero-order chi connectivity index (χ0) is 18.6. The molecule has 1 aromatic heterocycles. The van der Waals surface area contributed by atoms with Gasteiger partial charge in [-0.3, -0.25) is 9.80 Å². The second kappa shape index (κ2) is 8.11. The van der Waals surface area contributed by atoms with E-state index < -0.39 is 0 Å². The summed E-state index contributed by atoms with van der Waals surface area (Å²) in [5.41, 5.74) is 4.24. The number of piperazine rings is 1. The van der Waals surface area contributed by atoms with Crippen molar-refractivity contribution in [2.24, 2.45) is 0 Å². The molecule has 1 fully saturated rings. The topological polar surface area (TPSA) is 41.7 Å². The predicted molar refractivity (Wildman–Crippen MR) is 107 cm³/mol. The quantitative estimate of drug-likeness (QED) is 0.667. The molecule has 0 unspecified atom stereocenters. The maximum Gasteiger partial charge on any atom is 0.209 e. The third-order valence-electron chi connectivity index (χ3n) is 5.17. The summed E-state index contributed by atoms with van der Waals surface area (Å²) in [6.07, 6.45) is 0. The first-order chi connectivity index (χ1) is 13.2. The Morgan fingerprint density at radius 2 is 1.78 bits per heavy atom. The van der Waals surface area contributed by atoms with Crippen molar-refractivity contribution in [3.05, 3.63) is 59.5 Å². The van der Waals surface area contributed by atoms with Gasteiger partial charge in [-0.1, -0.05) is 24.3 Å². The fourth-order valence-corrected chi connectivity index (χ4v) is 3.52. The maximum atomic E-state index is 5.93. The van der Waals surface area contributed by atoms with Gasteiger partial charge in [-0.05, 0) is 43.2 Å². The molecule has 1 saturated heterocycles. The summed E-state index contributed by atoms with van der Waals surface area (Å²) < 4.78 is 11.8. The molecule has 1 aliphatic rings. The van der Waals surface area contributed by atoms with E-state index in [1.165, 1.54) is 11.1 Å². The van der Waals surface area contributed by atoms with Crippen LogP contribution < -0.4 is 4.74 Å². The average molecular weight is 365 g/mol. The van der Waals surface area contributed by atoms with Crippen LogP contribution in [-0.2, 0) is 6.54 Å². The van der Waals surface area contributed by atoms with Gasteiger partial charge in [0.15, 0.2) is 5.58 Å². The van der Waals surface area contributed by atoms with Gasteiger partial charge in [-0.25, -0.2) is 4.98 Å². The minimum Gasteiger partial charge on any atom is -0.492 e. The standard InChI is InChI=1S/C22H27N3O2/c1-17-7-8-21-19(15-17)23-22(27-21)16-25-11-9-24(10-12-25)13-14-26-20-6-4-3-5-18(20)2/h3-8,15H,9-14,16H2,1-2H3. The lowest BCUT2D eigenvalue weighted by molar-refractivity contribution is 0.106. The van der Waals surface area contributed by atoms with Crippen LogP contribution in [0.1, 0.15) is 17.0 Å². The molecule has 5 heteroatoms. The van der Waals surface area contributed by atoms with Gasteiger partial charge in [0, 0.05) is 32.7 Å². The van der Waals surface area contributed by atoms with Crippen LogP contribution >= 0.6 is 0 Å². The highest BCUT2D eigenvalue weighted by Gasteiger charge is 2.19. The van der Waals surface area contributed by atoms with Gasteiger partial charge in [0.05, 0.1) is 6.54 Å². The number of aromatic nitrogens is 1. The lowest BCUT2D eigenvalue weighted by Gasteiger charge is -2.33. The summed E-state index contributed by atoms with van der Waals surface area (Å²) in [6.45, 7) is 10.8. The fourth-order valence-electron chi connectivity index (χ4n) is 3.52. The lowest BCUT2D eigenvalue weighted by Crippen LogP contribution is -2.47. The number of aryl methyl sites for hydroxylation is 2. The molecule has 3 aromatic rings. The largest absolute Gasteiger partial charge is 0.492 e. The van der Waals surface area contributed by atoms with E-state index in [-0.39, 0.29) is 0 Å². The van der Waals surface area contributed by atoms with Crippen LogP contribution in [0.25, 0.3) is 11.1 Å². The Morgan fingerprint density at radius 3 is 2.59 bits per heavy atom. The second-order valence-corrected chi connectivity index (χ2v) is 7.31. The Bertz CT molecular complexity index is 897. The van der Waals surface area contributed by atoms with Crippen LogP contribution in [0.3, 0.4) is 0 Å². The minimum atomic E-state index is 0.731. The molecule has 142 valence electrons. The van der Waals surface area contributed by atoms with Gasteiger partial charge >= 0.3 is 0 Å². The molecular formula is C22H27N3O2. The number of rotatable bonds is 6. The third kappa shape index (κ3) is 4.49. The molecule has 27 heavy (non-hydrogen) atoms. The number of benzene rings is 2. The summed E-state index contributed by atoms with van der Waals surface area (Å²) in [6, 6.07) is 14.3.